The number of unbranched alkanes of at least 4 members (excludes halogenated alkanes) is 7. The molecule has 0 aromatic carbocycles. The molecule has 2 heteroatoms. The molecule has 134 valence electrons. The molecule has 0 aromatic rings. The molecule has 2 unspecified atom stereocenters. The maximum Gasteiger partial charge on any atom is 0.129 e. The van der Waals surface area contributed by atoms with Crippen molar-refractivity contribution in [3.05, 3.63) is 0 Å². The second-order valence-corrected chi connectivity index (χ2v) is 8.11. The van der Waals surface area contributed by atoms with E-state index in [2.05, 4.69) is 20.8 Å². The number of alkyl halides is 1. The van der Waals surface area contributed by atoms with E-state index in [4.69, 9.17) is 0 Å². The van der Waals surface area contributed by atoms with Crippen LogP contribution in [0, 0.1) is 5.41 Å². The highest BCUT2D eigenvalue weighted by atomic mass is 19.1. The normalized spacial score (nSPS) is 16.5. The second-order valence-electron chi connectivity index (χ2n) is 8.11. The van der Waals surface area contributed by atoms with E-state index in [1.54, 1.807) is 13.8 Å². The third-order valence-corrected chi connectivity index (χ3v) is 4.96. The molecule has 0 fully saturated rings. The Morgan fingerprint density at radius 3 is 1.59 bits per heavy atom. The summed E-state index contributed by atoms with van der Waals surface area (Å²) < 4.78 is 14.4. The first-order valence-electron chi connectivity index (χ1n) is 9.61. The monoisotopic (exact) mass is 316 g/mol. The average Bonchev–Trinajstić information content (AvgIpc) is 2.42. The summed E-state index contributed by atoms with van der Waals surface area (Å²) >= 11 is 0. The van der Waals surface area contributed by atoms with Gasteiger partial charge in [-0.1, -0.05) is 78.6 Å². The predicted molar refractivity (Wildman–Crippen MR) is 96.1 cm³/mol. The van der Waals surface area contributed by atoms with Crippen molar-refractivity contribution in [2.45, 2.75) is 123 Å². The van der Waals surface area contributed by atoms with Gasteiger partial charge in [0.25, 0.3) is 0 Å². The molecule has 2 atom stereocenters. The number of hydrogen-bond donors (Lipinski definition) is 1. The molecule has 0 aliphatic rings. The van der Waals surface area contributed by atoms with Gasteiger partial charge in [-0.25, -0.2) is 4.39 Å². The van der Waals surface area contributed by atoms with Crippen molar-refractivity contribution in [3.8, 4) is 0 Å². The van der Waals surface area contributed by atoms with E-state index in [-0.39, 0.29) is 5.41 Å². The highest BCUT2D eigenvalue weighted by Gasteiger charge is 2.34. The Kier molecular flexibility index (Phi) is 11.4. The first-order chi connectivity index (χ1) is 10.2. The summed E-state index contributed by atoms with van der Waals surface area (Å²) in [7, 11) is 0. The van der Waals surface area contributed by atoms with E-state index >= 15 is 0 Å². The lowest BCUT2D eigenvalue weighted by Gasteiger charge is -2.35. The largest absolute Gasteiger partial charge is 0.387 e. The molecule has 0 saturated heterocycles. The number of aliphatic hydroxyl groups is 1. The SMILES string of the molecule is CCCCCCCC(C)(CCCCCC)CC(F)C(C)(C)O. The molecule has 0 rings (SSSR count). The van der Waals surface area contributed by atoms with Crippen LogP contribution in [0.15, 0.2) is 0 Å². The first kappa shape index (κ1) is 21.9. The van der Waals surface area contributed by atoms with E-state index in [0.29, 0.717) is 6.42 Å². The minimum atomic E-state index is -1.22. The predicted octanol–water partition coefficient (Wildman–Crippen LogP) is 6.82. The highest BCUT2D eigenvalue weighted by molar-refractivity contribution is 4.85. The van der Waals surface area contributed by atoms with Crippen LogP contribution in [0.3, 0.4) is 0 Å². The van der Waals surface area contributed by atoms with Gasteiger partial charge < -0.3 is 5.11 Å². The fraction of sp³-hybridized carbons (Fsp3) is 1.00. The lowest BCUT2D eigenvalue weighted by atomic mass is 9.74. The summed E-state index contributed by atoms with van der Waals surface area (Å²) in [6, 6.07) is 0. The zero-order chi connectivity index (χ0) is 17.1. The van der Waals surface area contributed by atoms with Crippen LogP contribution < -0.4 is 0 Å². The van der Waals surface area contributed by atoms with Crippen LogP contribution in [0.2, 0.25) is 0 Å². The third kappa shape index (κ3) is 10.6. The molecule has 0 saturated carbocycles. The van der Waals surface area contributed by atoms with E-state index in [0.717, 1.165) is 12.8 Å². The molecule has 0 bridgehead atoms. The standard InChI is InChI=1S/C20H41FO/c1-6-8-10-12-14-16-20(5,15-13-11-9-7-2)17-18(21)19(3,4)22/h18,22H,6-17H2,1-5H3. The van der Waals surface area contributed by atoms with Crippen molar-refractivity contribution in [2.75, 3.05) is 0 Å². The van der Waals surface area contributed by atoms with Gasteiger partial charge in [0, 0.05) is 0 Å². The number of rotatable bonds is 14. The van der Waals surface area contributed by atoms with Crippen LogP contribution in [0.5, 0.6) is 0 Å². The quantitative estimate of drug-likeness (QED) is 0.348. The van der Waals surface area contributed by atoms with Crippen molar-refractivity contribution in [1.29, 1.82) is 0 Å². The maximum absolute atomic E-state index is 14.4. The molecule has 0 radical (unpaired) electrons. The van der Waals surface area contributed by atoms with Gasteiger partial charge in [0.05, 0.1) is 5.60 Å². The molecule has 0 spiro atoms. The highest BCUT2D eigenvalue weighted by Crippen LogP contribution is 2.38. The van der Waals surface area contributed by atoms with Gasteiger partial charge in [-0.15, -0.1) is 0 Å². The van der Waals surface area contributed by atoms with Crippen LogP contribution in [-0.2, 0) is 0 Å². The van der Waals surface area contributed by atoms with Gasteiger partial charge in [-0.3, -0.25) is 0 Å². The molecular weight excluding hydrogens is 275 g/mol. The summed E-state index contributed by atoms with van der Waals surface area (Å²) in [4.78, 5) is 0. The molecule has 0 aromatic heterocycles. The molecule has 1 nitrogen and oxygen atoms in total. The maximum atomic E-state index is 14.4. The number of hydrogen-bond acceptors (Lipinski definition) is 1. The Hall–Kier alpha value is -0.110. The van der Waals surface area contributed by atoms with E-state index < -0.39 is 11.8 Å². The molecule has 0 heterocycles. The molecule has 0 aliphatic heterocycles. The van der Waals surface area contributed by atoms with Gasteiger partial charge in [0.15, 0.2) is 0 Å². The van der Waals surface area contributed by atoms with E-state index in [1.807, 2.05) is 0 Å². The van der Waals surface area contributed by atoms with Crippen molar-refractivity contribution in [2.24, 2.45) is 5.41 Å². The lowest BCUT2D eigenvalue weighted by Crippen LogP contribution is -2.37. The Morgan fingerprint density at radius 1 is 0.773 bits per heavy atom. The lowest BCUT2D eigenvalue weighted by molar-refractivity contribution is -0.0271. The summed E-state index contributed by atoms with van der Waals surface area (Å²) in [6.07, 6.45) is 12.8. The first-order valence-corrected chi connectivity index (χ1v) is 9.61. The van der Waals surface area contributed by atoms with E-state index in [1.165, 1.54) is 57.8 Å². The topological polar surface area (TPSA) is 20.2 Å². The van der Waals surface area contributed by atoms with Gasteiger partial charge in [-0.2, -0.15) is 0 Å². The van der Waals surface area contributed by atoms with Crippen molar-refractivity contribution in [1.82, 2.24) is 0 Å². The van der Waals surface area contributed by atoms with Crippen molar-refractivity contribution in [3.63, 3.8) is 0 Å². The van der Waals surface area contributed by atoms with Crippen LogP contribution >= 0.6 is 0 Å². The Bertz CT molecular complexity index is 259. The Labute approximate surface area is 139 Å². The minimum absolute atomic E-state index is 0.0410. The molecule has 1 N–H and O–H groups in total. The van der Waals surface area contributed by atoms with Crippen LogP contribution in [0.25, 0.3) is 0 Å². The van der Waals surface area contributed by atoms with Crippen molar-refractivity contribution >= 4 is 0 Å². The second kappa shape index (κ2) is 11.4. The molecule has 0 aliphatic carbocycles. The van der Waals surface area contributed by atoms with Crippen LogP contribution in [0.1, 0.15) is 112 Å². The van der Waals surface area contributed by atoms with Gasteiger partial charge >= 0.3 is 0 Å². The van der Waals surface area contributed by atoms with Crippen LogP contribution in [0.4, 0.5) is 4.39 Å². The zero-order valence-electron chi connectivity index (χ0n) is 15.9. The van der Waals surface area contributed by atoms with Gasteiger partial charge in [0.2, 0.25) is 0 Å². The smallest absolute Gasteiger partial charge is 0.129 e. The summed E-state index contributed by atoms with van der Waals surface area (Å²) in [5.74, 6) is 0. The molecule has 0 amide bonds. The van der Waals surface area contributed by atoms with Gasteiger partial charge in [0.1, 0.15) is 6.17 Å². The summed E-state index contributed by atoms with van der Waals surface area (Å²) in [5.41, 5.74) is -1.17. The number of halogens is 1. The fourth-order valence-corrected chi connectivity index (χ4v) is 3.15. The summed E-state index contributed by atoms with van der Waals surface area (Å²) in [5, 5.41) is 9.93. The Morgan fingerprint density at radius 2 is 1.18 bits per heavy atom. The molecule has 22 heavy (non-hydrogen) atoms. The third-order valence-electron chi connectivity index (χ3n) is 4.96. The van der Waals surface area contributed by atoms with E-state index in [9.17, 15) is 9.50 Å². The van der Waals surface area contributed by atoms with Gasteiger partial charge in [-0.05, 0) is 38.5 Å². The fourth-order valence-electron chi connectivity index (χ4n) is 3.15. The minimum Gasteiger partial charge on any atom is -0.387 e. The zero-order valence-corrected chi connectivity index (χ0v) is 15.9. The molecular formula is C20H41FO. The Balaban J connectivity index is 4.40. The summed E-state index contributed by atoms with van der Waals surface area (Å²) in [6.45, 7) is 9.87. The van der Waals surface area contributed by atoms with Crippen molar-refractivity contribution < 1.29 is 9.50 Å². The van der Waals surface area contributed by atoms with Crippen LogP contribution in [-0.4, -0.2) is 16.9 Å². The average molecular weight is 317 g/mol.